The highest BCUT2D eigenvalue weighted by Gasteiger charge is 2.35. The second-order valence-electron chi connectivity index (χ2n) is 5.93. The van der Waals surface area contributed by atoms with Crippen molar-refractivity contribution in [2.75, 3.05) is 32.0 Å². The molecule has 2 aliphatic rings. The van der Waals surface area contributed by atoms with Gasteiger partial charge in [0.05, 0.1) is 5.56 Å². The first kappa shape index (κ1) is 13.7. The summed E-state index contributed by atoms with van der Waals surface area (Å²) in [5.41, 5.74) is 1.20. The number of likely N-dealkylation sites (tertiary alicyclic amines) is 1. The van der Waals surface area contributed by atoms with Crippen LogP contribution in [0.15, 0.2) is 18.2 Å². The molecule has 20 heavy (non-hydrogen) atoms. The first-order chi connectivity index (χ1) is 9.45. The molecule has 1 aromatic carbocycles. The fraction of sp³-hybridized carbons (Fsp3) is 0.600. The average molecular weight is 284 g/mol. The molecule has 2 unspecified atom stereocenters. The van der Waals surface area contributed by atoms with Crippen molar-refractivity contribution < 1.29 is 13.2 Å². The van der Waals surface area contributed by atoms with E-state index in [1.54, 1.807) is 6.07 Å². The van der Waals surface area contributed by atoms with Crippen LogP contribution in [0.3, 0.4) is 0 Å². The zero-order valence-electron chi connectivity index (χ0n) is 11.5. The van der Waals surface area contributed by atoms with E-state index in [9.17, 15) is 13.2 Å². The van der Waals surface area contributed by atoms with Gasteiger partial charge in [-0.1, -0.05) is 0 Å². The third kappa shape index (κ3) is 2.51. The Morgan fingerprint density at radius 1 is 1.25 bits per heavy atom. The van der Waals surface area contributed by atoms with E-state index < -0.39 is 11.7 Å². The van der Waals surface area contributed by atoms with Gasteiger partial charge >= 0.3 is 6.18 Å². The molecule has 3 rings (SSSR count). The lowest BCUT2D eigenvalue weighted by Crippen LogP contribution is -2.25. The van der Waals surface area contributed by atoms with Crippen molar-refractivity contribution in [3.63, 3.8) is 0 Å². The molecule has 2 aliphatic heterocycles. The molecule has 0 aromatic heterocycles. The van der Waals surface area contributed by atoms with Gasteiger partial charge in [0, 0.05) is 18.8 Å². The Morgan fingerprint density at radius 3 is 2.70 bits per heavy atom. The smallest absolute Gasteiger partial charge is 0.385 e. The second kappa shape index (κ2) is 4.95. The van der Waals surface area contributed by atoms with Crippen molar-refractivity contribution in [2.45, 2.75) is 24.9 Å². The highest BCUT2D eigenvalue weighted by molar-refractivity contribution is 5.57. The molecule has 0 bridgehead atoms. The molecule has 2 atom stereocenters. The molecular formula is C15H19F3N2. The number of hydrogen-bond donors (Lipinski definition) is 1. The number of alkyl halides is 3. The zero-order valence-corrected chi connectivity index (χ0v) is 11.5. The lowest BCUT2D eigenvalue weighted by Gasteiger charge is -2.31. The first-order valence-electron chi connectivity index (χ1n) is 7.08. The number of nitrogens with zero attached hydrogens (tertiary/aromatic N) is 1. The fourth-order valence-corrected chi connectivity index (χ4v) is 3.51. The van der Waals surface area contributed by atoms with Crippen LogP contribution >= 0.6 is 0 Å². The average Bonchev–Trinajstić information content (AvgIpc) is 2.83. The number of benzene rings is 1. The van der Waals surface area contributed by atoms with E-state index in [0.717, 1.165) is 43.7 Å². The van der Waals surface area contributed by atoms with Crippen LogP contribution in [0.4, 0.5) is 18.9 Å². The van der Waals surface area contributed by atoms with Gasteiger partial charge in [0.15, 0.2) is 0 Å². The molecular weight excluding hydrogens is 265 g/mol. The van der Waals surface area contributed by atoms with Crippen LogP contribution in [0, 0.1) is 5.92 Å². The molecule has 1 aromatic rings. The molecule has 0 aliphatic carbocycles. The van der Waals surface area contributed by atoms with Crippen molar-refractivity contribution in [2.24, 2.45) is 5.92 Å². The maximum absolute atomic E-state index is 12.9. The first-order valence-corrected chi connectivity index (χ1v) is 7.08. The van der Waals surface area contributed by atoms with E-state index in [2.05, 4.69) is 17.3 Å². The van der Waals surface area contributed by atoms with Gasteiger partial charge in [-0.2, -0.15) is 13.2 Å². The molecule has 5 heteroatoms. The maximum Gasteiger partial charge on any atom is 0.416 e. The van der Waals surface area contributed by atoms with Gasteiger partial charge in [-0.05, 0) is 62.0 Å². The molecule has 0 saturated carbocycles. The SMILES string of the molecule is CN1CCC(C2CCNc3ccc(C(F)(F)F)cc32)C1. The highest BCUT2D eigenvalue weighted by Crippen LogP contribution is 2.42. The molecule has 1 fully saturated rings. The number of fused-ring (bicyclic) bond motifs is 1. The summed E-state index contributed by atoms with van der Waals surface area (Å²) >= 11 is 0. The van der Waals surface area contributed by atoms with Gasteiger partial charge in [-0.25, -0.2) is 0 Å². The van der Waals surface area contributed by atoms with Crippen molar-refractivity contribution in [1.29, 1.82) is 0 Å². The van der Waals surface area contributed by atoms with Gasteiger partial charge in [0.1, 0.15) is 0 Å². The van der Waals surface area contributed by atoms with Gasteiger partial charge in [0.25, 0.3) is 0 Å². The number of hydrogen-bond acceptors (Lipinski definition) is 2. The Balaban J connectivity index is 1.94. The van der Waals surface area contributed by atoms with Crippen molar-refractivity contribution >= 4 is 5.69 Å². The van der Waals surface area contributed by atoms with E-state index in [1.807, 2.05) is 0 Å². The van der Waals surface area contributed by atoms with Crippen molar-refractivity contribution in [1.82, 2.24) is 4.90 Å². The van der Waals surface area contributed by atoms with E-state index in [1.165, 1.54) is 12.1 Å². The van der Waals surface area contributed by atoms with Crippen LogP contribution in [0.5, 0.6) is 0 Å². The maximum atomic E-state index is 12.9. The third-order valence-electron chi connectivity index (χ3n) is 4.55. The summed E-state index contributed by atoms with van der Waals surface area (Å²) in [4.78, 5) is 2.26. The fourth-order valence-electron chi connectivity index (χ4n) is 3.51. The quantitative estimate of drug-likeness (QED) is 0.848. The molecule has 2 nitrogen and oxygen atoms in total. The summed E-state index contributed by atoms with van der Waals surface area (Å²) in [6.07, 6.45) is -2.26. The van der Waals surface area contributed by atoms with Gasteiger partial charge in [-0.15, -0.1) is 0 Å². The number of nitrogens with one attached hydrogen (secondary N) is 1. The summed E-state index contributed by atoms with van der Waals surface area (Å²) in [5, 5.41) is 3.22. The van der Waals surface area contributed by atoms with E-state index in [-0.39, 0.29) is 5.92 Å². The predicted molar refractivity (Wildman–Crippen MR) is 72.9 cm³/mol. The van der Waals surface area contributed by atoms with E-state index in [0.29, 0.717) is 5.92 Å². The molecule has 1 N–H and O–H groups in total. The number of anilines is 1. The van der Waals surface area contributed by atoms with Gasteiger partial charge in [0.2, 0.25) is 0 Å². The van der Waals surface area contributed by atoms with Gasteiger partial charge in [-0.3, -0.25) is 0 Å². The summed E-state index contributed by atoms with van der Waals surface area (Å²) in [6, 6.07) is 4.11. The molecule has 0 spiro atoms. The largest absolute Gasteiger partial charge is 0.416 e. The van der Waals surface area contributed by atoms with Crippen LogP contribution in [-0.2, 0) is 6.18 Å². The molecule has 0 radical (unpaired) electrons. The number of halogens is 3. The second-order valence-corrected chi connectivity index (χ2v) is 5.93. The Bertz CT molecular complexity index is 498. The minimum atomic E-state index is -4.26. The lowest BCUT2D eigenvalue weighted by atomic mass is 9.80. The molecule has 2 heterocycles. The van der Waals surface area contributed by atoms with Crippen LogP contribution in [0.25, 0.3) is 0 Å². The standard InChI is InChI=1S/C15H19F3N2/c1-20-7-5-10(9-20)12-4-6-19-14-3-2-11(8-13(12)14)15(16,17)18/h2-3,8,10,12,19H,4-7,9H2,1H3. The summed E-state index contributed by atoms with van der Waals surface area (Å²) in [5.74, 6) is 0.725. The van der Waals surface area contributed by atoms with Gasteiger partial charge < -0.3 is 10.2 Å². The van der Waals surface area contributed by atoms with E-state index >= 15 is 0 Å². The Labute approximate surface area is 117 Å². The van der Waals surface area contributed by atoms with Crippen LogP contribution in [-0.4, -0.2) is 31.6 Å². The summed E-state index contributed by atoms with van der Waals surface area (Å²) < 4.78 is 38.7. The Hall–Kier alpha value is -1.23. The van der Waals surface area contributed by atoms with Crippen molar-refractivity contribution in [3.05, 3.63) is 29.3 Å². The summed E-state index contributed by atoms with van der Waals surface area (Å²) in [7, 11) is 2.08. The Morgan fingerprint density at radius 2 is 2.05 bits per heavy atom. The molecule has 110 valence electrons. The molecule has 0 amide bonds. The summed E-state index contributed by atoms with van der Waals surface area (Å²) in [6.45, 7) is 2.88. The minimum Gasteiger partial charge on any atom is -0.385 e. The van der Waals surface area contributed by atoms with E-state index in [4.69, 9.17) is 0 Å². The monoisotopic (exact) mass is 284 g/mol. The van der Waals surface area contributed by atoms with Crippen LogP contribution < -0.4 is 5.32 Å². The topological polar surface area (TPSA) is 15.3 Å². The highest BCUT2D eigenvalue weighted by atomic mass is 19.4. The Kier molecular flexibility index (Phi) is 3.40. The predicted octanol–water partition coefficient (Wildman–Crippen LogP) is 3.56. The van der Waals surface area contributed by atoms with Crippen LogP contribution in [0.2, 0.25) is 0 Å². The van der Waals surface area contributed by atoms with Crippen LogP contribution in [0.1, 0.15) is 29.9 Å². The molecule has 1 saturated heterocycles. The van der Waals surface area contributed by atoms with Crippen molar-refractivity contribution in [3.8, 4) is 0 Å². The lowest BCUT2D eigenvalue weighted by molar-refractivity contribution is -0.137. The zero-order chi connectivity index (χ0) is 14.3. The normalized spacial score (nSPS) is 27.2. The third-order valence-corrected chi connectivity index (χ3v) is 4.55. The number of rotatable bonds is 1. The minimum absolute atomic E-state index is 0.249.